The second-order valence-electron chi connectivity index (χ2n) is 2.76. The molecular formula is C7H12N2OS. The molecule has 11 heavy (non-hydrogen) atoms. The van der Waals surface area contributed by atoms with E-state index in [1.54, 1.807) is 0 Å². The zero-order chi connectivity index (χ0) is 8.27. The Labute approximate surface area is 70.5 Å². The SMILES string of the molecule is C[C@H](CO)Cc1c[nH]c(=S)[nH]1. The van der Waals surface area contributed by atoms with Crippen LogP contribution in [0.3, 0.4) is 0 Å². The van der Waals surface area contributed by atoms with Crippen LogP contribution in [0, 0.1) is 10.7 Å². The number of aromatic amines is 2. The van der Waals surface area contributed by atoms with E-state index in [4.69, 9.17) is 17.3 Å². The van der Waals surface area contributed by atoms with Gasteiger partial charge in [-0.05, 0) is 24.6 Å². The van der Waals surface area contributed by atoms with Crippen molar-refractivity contribution in [1.29, 1.82) is 0 Å². The van der Waals surface area contributed by atoms with E-state index in [-0.39, 0.29) is 12.5 Å². The van der Waals surface area contributed by atoms with Gasteiger partial charge in [-0.15, -0.1) is 0 Å². The minimum atomic E-state index is 0.214. The average molecular weight is 172 g/mol. The highest BCUT2D eigenvalue weighted by Crippen LogP contribution is 2.03. The smallest absolute Gasteiger partial charge is 0.174 e. The van der Waals surface area contributed by atoms with Crippen molar-refractivity contribution in [3.05, 3.63) is 16.7 Å². The Balaban J connectivity index is 2.57. The summed E-state index contributed by atoms with van der Waals surface area (Å²) in [6.45, 7) is 2.20. The Kier molecular flexibility index (Phi) is 2.84. The van der Waals surface area contributed by atoms with Gasteiger partial charge in [-0.25, -0.2) is 0 Å². The molecule has 0 bridgehead atoms. The lowest BCUT2D eigenvalue weighted by atomic mass is 10.1. The second-order valence-corrected chi connectivity index (χ2v) is 3.17. The molecule has 1 atom stereocenters. The number of H-pyrrole nitrogens is 2. The third-order valence-corrected chi connectivity index (χ3v) is 1.75. The van der Waals surface area contributed by atoms with Crippen LogP contribution in [0.15, 0.2) is 6.20 Å². The summed E-state index contributed by atoms with van der Waals surface area (Å²) in [6, 6.07) is 0. The van der Waals surface area contributed by atoms with Gasteiger partial charge in [-0.3, -0.25) is 0 Å². The summed E-state index contributed by atoms with van der Waals surface area (Å²) in [6.07, 6.45) is 2.68. The maximum atomic E-state index is 8.75. The van der Waals surface area contributed by atoms with Gasteiger partial charge >= 0.3 is 0 Å². The maximum Gasteiger partial charge on any atom is 0.174 e. The molecule has 3 nitrogen and oxygen atoms in total. The number of aliphatic hydroxyl groups excluding tert-OH is 1. The van der Waals surface area contributed by atoms with Crippen molar-refractivity contribution in [2.45, 2.75) is 13.3 Å². The minimum absolute atomic E-state index is 0.214. The first-order valence-electron chi connectivity index (χ1n) is 3.60. The van der Waals surface area contributed by atoms with E-state index in [2.05, 4.69) is 9.97 Å². The molecular weight excluding hydrogens is 160 g/mol. The highest BCUT2D eigenvalue weighted by atomic mass is 32.1. The van der Waals surface area contributed by atoms with Crippen LogP contribution in [0.2, 0.25) is 0 Å². The number of rotatable bonds is 3. The molecule has 0 saturated carbocycles. The summed E-state index contributed by atoms with van der Waals surface area (Å²) >= 11 is 4.85. The molecule has 0 unspecified atom stereocenters. The predicted octanol–water partition coefficient (Wildman–Crippen LogP) is 1.24. The van der Waals surface area contributed by atoms with E-state index >= 15 is 0 Å². The van der Waals surface area contributed by atoms with Crippen LogP contribution < -0.4 is 0 Å². The van der Waals surface area contributed by atoms with Crippen LogP contribution in [-0.2, 0) is 6.42 Å². The molecule has 0 spiro atoms. The first kappa shape index (κ1) is 8.49. The van der Waals surface area contributed by atoms with Crippen molar-refractivity contribution in [3.63, 3.8) is 0 Å². The molecule has 0 saturated heterocycles. The lowest BCUT2D eigenvalue weighted by Crippen LogP contribution is -2.04. The number of imidazole rings is 1. The molecule has 1 aromatic rings. The molecule has 62 valence electrons. The second kappa shape index (κ2) is 3.69. The van der Waals surface area contributed by atoms with Gasteiger partial charge in [0, 0.05) is 18.5 Å². The van der Waals surface area contributed by atoms with E-state index < -0.39 is 0 Å². The van der Waals surface area contributed by atoms with Crippen LogP contribution in [0.5, 0.6) is 0 Å². The number of hydrogen-bond donors (Lipinski definition) is 3. The van der Waals surface area contributed by atoms with Crippen molar-refractivity contribution in [2.24, 2.45) is 5.92 Å². The molecule has 1 aromatic heterocycles. The molecule has 0 aliphatic heterocycles. The third kappa shape index (κ3) is 2.48. The summed E-state index contributed by atoms with van der Waals surface area (Å²) in [5.74, 6) is 0.288. The average Bonchev–Trinajstić information content (AvgIpc) is 2.35. The molecule has 3 N–H and O–H groups in total. The highest BCUT2D eigenvalue weighted by Gasteiger charge is 2.01. The standard InChI is InChI=1S/C7H12N2OS/c1-5(4-10)2-6-3-8-7(11)9-6/h3,5,10H,2,4H2,1H3,(H2,8,9,11)/t5-/m0/s1. The zero-order valence-electron chi connectivity index (χ0n) is 6.42. The lowest BCUT2D eigenvalue weighted by Gasteiger charge is -2.03. The summed E-state index contributed by atoms with van der Waals surface area (Å²) in [5, 5.41) is 8.75. The van der Waals surface area contributed by atoms with E-state index in [0.717, 1.165) is 12.1 Å². The molecule has 0 fully saturated rings. The van der Waals surface area contributed by atoms with Crippen molar-refractivity contribution in [1.82, 2.24) is 9.97 Å². The first-order valence-corrected chi connectivity index (χ1v) is 4.00. The van der Waals surface area contributed by atoms with Crippen LogP contribution in [0.1, 0.15) is 12.6 Å². The van der Waals surface area contributed by atoms with Gasteiger partial charge < -0.3 is 15.1 Å². The molecule has 0 aliphatic carbocycles. The van der Waals surface area contributed by atoms with Crippen molar-refractivity contribution < 1.29 is 5.11 Å². The third-order valence-electron chi connectivity index (χ3n) is 1.53. The van der Waals surface area contributed by atoms with E-state index in [9.17, 15) is 0 Å². The van der Waals surface area contributed by atoms with Gasteiger partial charge in [0.25, 0.3) is 0 Å². The molecule has 0 aromatic carbocycles. The van der Waals surface area contributed by atoms with Crippen molar-refractivity contribution in [2.75, 3.05) is 6.61 Å². The molecule has 0 radical (unpaired) electrons. The largest absolute Gasteiger partial charge is 0.396 e. The first-order chi connectivity index (χ1) is 5.22. The number of aromatic nitrogens is 2. The quantitative estimate of drug-likeness (QED) is 0.601. The molecule has 4 heteroatoms. The minimum Gasteiger partial charge on any atom is -0.396 e. The van der Waals surface area contributed by atoms with Gasteiger partial charge in [0.05, 0.1) is 0 Å². The zero-order valence-corrected chi connectivity index (χ0v) is 7.24. The number of aliphatic hydroxyl groups is 1. The topological polar surface area (TPSA) is 51.8 Å². The van der Waals surface area contributed by atoms with Gasteiger partial charge in [-0.2, -0.15) is 0 Å². The Morgan fingerprint density at radius 3 is 2.91 bits per heavy atom. The monoisotopic (exact) mass is 172 g/mol. The summed E-state index contributed by atoms with van der Waals surface area (Å²) < 4.78 is 0.644. The van der Waals surface area contributed by atoms with E-state index in [1.165, 1.54) is 0 Å². The Morgan fingerprint density at radius 2 is 2.45 bits per heavy atom. The fourth-order valence-electron chi connectivity index (χ4n) is 0.921. The molecule has 0 aliphatic rings. The lowest BCUT2D eigenvalue weighted by molar-refractivity contribution is 0.236. The van der Waals surface area contributed by atoms with Gasteiger partial charge in [-0.1, -0.05) is 6.92 Å². The summed E-state index contributed by atoms with van der Waals surface area (Å²) in [4.78, 5) is 5.87. The fourth-order valence-corrected chi connectivity index (χ4v) is 1.11. The Bertz CT molecular complexity index is 265. The Hall–Kier alpha value is -0.610. The predicted molar refractivity (Wildman–Crippen MR) is 45.9 cm³/mol. The van der Waals surface area contributed by atoms with Crippen LogP contribution in [-0.4, -0.2) is 21.7 Å². The molecule has 1 rings (SSSR count). The van der Waals surface area contributed by atoms with E-state index in [1.807, 2.05) is 13.1 Å². The summed E-state index contributed by atoms with van der Waals surface area (Å²) in [7, 11) is 0. The van der Waals surface area contributed by atoms with Crippen molar-refractivity contribution in [3.8, 4) is 0 Å². The molecule has 0 amide bonds. The van der Waals surface area contributed by atoms with Crippen LogP contribution in [0.25, 0.3) is 0 Å². The van der Waals surface area contributed by atoms with Gasteiger partial charge in [0.1, 0.15) is 0 Å². The fraction of sp³-hybridized carbons (Fsp3) is 0.571. The maximum absolute atomic E-state index is 8.75. The number of nitrogens with one attached hydrogen (secondary N) is 2. The normalized spacial score (nSPS) is 13.3. The van der Waals surface area contributed by atoms with E-state index in [0.29, 0.717) is 4.77 Å². The number of hydrogen-bond acceptors (Lipinski definition) is 2. The van der Waals surface area contributed by atoms with Crippen LogP contribution in [0.4, 0.5) is 0 Å². The van der Waals surface area contributed by atoms with Crippen LogP contribution >= 0.6 is 12.2 Å². The van der Waals surface area contributed by atoms with Gasteiger partial charge in [0.2, 0.25) is 0 Å². The van der Waals surface area contributed by atoms with Crippen molar-refractivity contribution >= 4 is 12.2 Å². The van der Waals surface area contributed by atoms with Gasteiger partial charge in [0.15, 0.2) is 4.77 Å². The summed E-state index contributed by atoms with van der Waals surface area (Å²) in [5.41, 5.74) is 1.05. The Morgan fingerprint density at radius 1 is 1.73 bits per heavy atom. The highest BCUT2D eigenvalue weighted by molar-refractivity contribution is 7.71. The molecule has 1 heterocycles.